The molecule has 0 aliphatic rings. The highest BCUT2D eigenvalue weighted by molar-refractivity contribution is 5.82. The SMILES string of the molecule is CC(=O)N/N=C/c1ccc(CC([NH3+])C(=O)[O-])cc1.CC(C)N/N=C/c1ccc(CC([NH3+])C(=O)[O-])cc1.CN(C)/N=C/c1ccc(CC([NH3+])C(=O)[O-])cc1.CN/N=C/Cc1ccc(CC([NH3+])C(=O)[O-])cc1.CN/N=C/c1ccc(CC([NH3+])C(=O)[O-])cc1.COC(CCNc1ccc(CC([NH3+])C(=O)[O-])cc1)OC. The maximum absolute atomic E-state index is 10.6. The molecule has 32 heteroatoms. The summed E-state index contributed by atoms with van der Waals surface area (Å²) in [6.45, 7) is 6.11. The lowest BCUT2D eigenvalue weighted by atomic mass is 10.0. The van der Waals surface area contributed by atoms with Gasteiger partial charge in [0.2, 0.25) is 5.91 Å². The average Bonchev–Trinajstić information content (AvgIpc) is 0.931. The lowest BCUT2D eigenvalue weighted by molar-refractivity contribution is -0.437. The van der Waals surface area contributed by atoms with Crippen molar-refractivity contribution >= 4 is 78.5 Å². The number of benzene rings is 6. The Morgan fingerprint density at radius 3 is 0.991 bits per heavy atom. The van der Waals surface area contributed by atoms with Crippen LogP contribution in [0.2, 0.25) is 0 Å². The van der Waals surface area contributed by atoms with Gasteiger partial charge in [-0.2, -0.15) is 25.5 Å². The Morgan fingerprint density at radius 1 is 0.425 bits per heavy atom. The Kier molecular flexibility index (Phi) is 46.7. The van der Waals surface area contributed by atoms with Crippen LogP contribution in [-0.2, 0) is 88.0 Å². The molecular weight excluding hydrogens is 1370 g/mol. The lowest BCUT2D eigenvalue weighted by Gasteiger charge is -2.14. The molecule has 0 aliphatic carbocycles. The van der Waals surface area contributed by atoms with E-state index in [0.29, 0.717) is 44.6 Å². The number of anilines is 1. The number of aliphatic carboxylic acids is 6. The Hall–Kier alpha value is -11.4. The van der Waals surface area contributed by atoms with Crippen molar-refractivity contribution in [2.75, 3.05) is 54.3 Å². The van der Waals surface area contributed by atoms with Gasteiger partial charge in [0.15, 0.2) is 6.29 Å². The number of hydrogen-bond donors (Lipinski definition) is 11. The van der Waals surface area contributed by atoms with Gasteiger partial charge in [0.25, 0.3) is 0 Å². The van der Waals surface area contributed by atoms with Crippen LogP contribution in [0.5, 0.6) is 0 Å². The van der Waals surface area contributed by atoms with Crippen LogP contribution in [0.4, 0.5) is 5.69 Å². The first-order valence-corrected chi connectivity index (χ1v) is 33.5. The molecule has 6 rings (SSSR count). The first-order valence-electron chi connectivity index (χ1n) is 33.5. The number of hydrogen-bond acceptors (Lipinski definition) is 25. The zero-order valence-corrected chi connectivity index (χ0v) is 61.8. The predicted octanol–water partition coefficient (Wildman–Crippen LogP) is -9.04. The maximum atomic E-state index is 10.6. The van der Waals surface area contributed by atoms with Gasteiger partial charge in [0.05, 0.1) is 60.7 Å². The van der Waals surface area contributed by atoms with Crippen LogP contribution in [-0.4, -0.2) is 175 Å². The number of quaternary nitrogens is 6. The number of carbonyl (C=O) groups is 7. The second kappa shape index (κ2) is 53.4. The fourth-order valence-corrected chi connectivity index (χ4v) is 8.42. The van der Waals surface area contributed by atoms with Crippen LogP contribution in [0.25, 0.3) is 0 Å². The number of hydrazone groups is 5. The van der Waals surface area contributed by atoms with E-state index < -0.39 is 72.1 Å². The minimum atomic E-state index is -1.16. The Bertz CT molecular complexity index is 3670. The first kappa shape index (κ1) is 92.7. The van der Waals surface area contributed by atoms with Crippen molar-refractivity contribution in [3.05, 3.63) is 207 Å². The fraction of sp³-hybridized carbons (Fsp3) is 0.351. The van der Waals surface area contributed by atoms with Gasteiger partial charge in [0.1, 0.15) is 36.3 Å². The summed E-state index contributed by atoms with van der Waals surface area (Å²) in [7, 11) is 10.4. The summed E-state index contributed by atoms with van der Waals surface area (Å²) in [5.41, 5.74) is 42.9. The van der Waals surface area contributed by atoms with Crippen molar-refractivity contribution in [1.82, 2.24) is 26.7 Å². The second-order valence-electron chi connectivity index (χ2n) is 24.2. The van der Waals surface area contributed by atoms with Crippen LogP contribution in [0.3, 0.4) is 0 Å². The van der Waals surface area contributed by atoms with E-state index in [1.54, 1.807) is 82.4 Å². The predicted molar refractivity (Wildman–Crippen MR) is 388 cm³/mol. The Labute approximate surface area is 618 Å². The third-order valence-electron chi connectivity index (χ3n) is 14.3. The van der Waals surface area contributed by atoms with E-state index in [4.69, 9.17) is 9.47 Å². The van der Waals surface area contributed by atoms with Gasteiger partial charge in [0, 0.05) is 125 Å². The molecule has 0 saturated heterocycles. The molecule has 0 bridgehead atoms. The molecule has 6 aromatic rings. The molecular formula is C74H105N17O15. The molecule has 32 nitrogen and oxygen atoms in total. The zero-order chi connectivity index (χ0) is 79.5. The molecule has 23 N–H and O–H groups in total. The molecule has 0 aromatic heterocycles. The van der Waals surface area contributed by atoms with Gasteiger partial charge < -0.3 is 130 Å². The number of carboxylic acids is 6. The summed E-state index contributed by atoms with van der Waals surface area (Å²) < 4.78 is 10.2. The maximum Gasteiger partial charge on any atom is 0.236 e. The Balaban J connectivity index is 0.000000637. The van der Waals surface area contributed by atoms with Crippen molar-refractivity contribution in [3.63, 3.8) is 0 Å². The van der Waals surface area contributed by atoms with E-state index in [0.717, 1.165) is 86.3 Å². The minimum absolute atomic E-state index is 0.211. The molecule has 0 fully saturated rings. The second-order valence-corrected chi connectivity index (χ2v) is 24.2. The molecule has 0 heterocycles. The number of rotatable bonds is 36. The molecule has 106 heavy (non-hydrogen) atoms. The van der Waals surface area contributed by atoms with Crippen LogP contribution in [0.1, 0.15) is 88.4 Å². The van der Waals surface area contributed by atoms with Crippen molar-refractivity contribution in [1.29, 1.82) is 0 Å². The summed E-state index contributed by atoms with van der Waals surface area (Å²) in [4.78, 5) is 73.9. The monoisotopic (exact) mass is 1470 g/mol. The molecule has 0 saturated carbocycles. The van der Waals surface area contributed by atoms with Crippen LogP contribution in [0, 0.1) is 0 Å². The van der Waals surface area contributed by atoms with Gasteiger partial charge in [-0.25, -0.2) is 5.43 Å². The highest BCUT2D eigenvalue weighted by Crippen LogP contribution is 2.13. The zero-order valence-electron chi connectivity index (χ0n) is 61.8. The molecule has 1 amide bonds. The minimum Gasteiger partial charge on any atom is -0.544 e. The molecule has 576 valence electrons. The van der Waals surface area contributed by atoms with E-state index in [1.807, 2.05) is 149 Å². The van der Waals surface area contributed by atoms with E-state index in [2.05, 4.69) is 86.9 Å². The molecule has 0 radical (unpaired) electrons. The number of methoxy groups -OCH3 is 2. The van der Waals surface area contributed by atoms with Crippen LogP contribution < -0.4 is 92.1 Å². The van der Waals surface area contributed by atoms with Crippen molar-refractivity contribution < 1.29 is 108 Å². The number of carboxylic acid groups (broad SMARTS) is 6. The highest BCUT2D eigenvalue weighted by Gasteiger charge is 2.13. The molecule has 0 spiro atoms. The molecule has 6 aromatic carbocycles. The van der Waals surface area contributed by atoms with Crippen molar-refractivity contribution in [2.24, 2.45) is 25.5 Å². The Morgan fingerprint density at radius 2 is 0.708 bits per heavy atom. The molecule has 0 aliphatic heterocycles. The third kappa shape index (κ3) is 44.2. The summed E-state index contributed by atoms with van der Waals surface area (Å²) in [5.74, 6) is -7.01. The average molecular weight is 1470 g/mol. The van der Waals surface area contributed by atoms with E-state index in [1.165, 1.54) is 13.1 Å². The highest BCUT2D eigenvalue weighted by atomic mass is 16.7. The van der Waals surface area contributed by atoms with Crippen LogP contribution >= 0.6 is 0 Å². The summed E-state index contributed by atoms with van der Waals surface area (Å²) in [6.07, 6.45) is 11.9. The first-order chi connectivity index (χ1) is 50.3. The van der Waals surface area contributed by atoms with Gasteiger partial charge in [-0.1, -0.05) is 133 Å². The smallest absolute Gasteiger partial charge is 0.236 e. The number of nitrogens with one attached hydrogen (secondary N) is 5. The summed E-state index contributed by atoms with van der Waals surface area (Å²) >= 11 is 0. The fourth-order valence-electron chi connectivity index (χ4n) is 8.42. The number of nitrogens with zero attached hydrogens (tertiary/aromatic N) is 6. The summed E-state index contributed by atoms with van der Waals surface area (Å²) in [6, 6.07) is 40.9. The molecule has 6 unspecified atom stereocenters. The van der Waals surface area contributed by atoms with Crippen LogP contribution in [0.15, 0.2) is 171 Å². The summed E-state index contributed by atoms with van der Waals surface area (Å²) in [5, 5.41) is 87.9. The van der Waals surface area contributed by atoms with Crippen molar-refractivity contribution in [2.45, 2.75) is 121 Å². The normalized spacial score (nSPS) is 12.6. The number of amides is 1. The van der Waals surface area contributed by atoms with Gasteiger partial charge >= 0.3 is 0 Å². The van der Waals surface area contributed by atoms with E-state index >= 15 is 0 Å². The quantitative estimate of drug-likeness (QED) is 0.00988. The van der Waals surface area contributed by atoms with Gasteiger partial charge in [-0.3, -0.25) is 4.79 Å². The molecule has 6 atom stereocenters. The standard InChI is InChI=1S/C14H22N2O4.C13H19N3O2.C12H15N3O3.2C12H17N3O2.C11H15N3O2/c1-19-13(20-2)7-8-16-11-5-3-10(4-6-11)9-12(15)14(17)18;1-9(2)16-15-8-11-5-3-10(4-6-11)7-12(14)13(17)18;1-8(16)15-14-7-10-4-2-9(3-5-10)6-11(13)12(17)18;1-15(2)14-8-10-5-3-9(4-6-10)7-11(13)12(16)17;1-14-15-7-6-9-2-4-10(5-3-9)8-11(13)12(16)17;1-13-14-7-9-4-2-8(3-5-9)6-10(12)11(15)16/h3-6,12-13,16H,7-9,15H2,1-2H3,(H,17,18);3-6,8-9,12,16H,7,14H2,1-2H3,(H,17,18);2-5,7,11H,6,13H2,1H3,(H,15,16)(H,17,18);3-6,8,11H,7,13H2,1-2H3,(H,16,17);2-5,7,11,14H,6,8,13H2,1H3,(H,16,17);2-5,7,10,13H,6,12H2,1H3,(H,15,16)/b;15-8+;14-7+;14-8+;15-7+;14-7+. The topological polar surface area (TPSA) is 567 Å². The lowest BCUT2D eigenvalue weighted by Crippen LogP contribution is -2.69. The van der Waals surface area contributed by atoms with E-state index in [-0.39, 0.29) is 12.2 Å². The van der Waals surface area contributed by atoms with E-state index in [9.17, 15) is 64.2 Å². The third-order valence-corrected chi connectivity index (χ3v) is 14.3. The van der Waals surface area contributed by atoms with Crippen molar-refractivity contribution in [3.8, 4) is 0 Å². The number of ether oxygens (including phenoxy) is 2. The number of carbonyl (C=O) groups excluding carboxylic acids is 7. The van der Waals surface area contributed by atoms with Gasteiger partial charge in [-0.05, 0) is 87.2 Å². The van der Waals surface area contributed by atoms with Gasteiger partial charge in [-0.15, -0.1) is 0 Å². The largest absolute Gasteiger partial charge is 0.544 e.